The Bertz CT molecular complexity index is 526. The van der Waals surface area contributed by atoms with Gasteiger partial charge in [-0.05, 0) is 70.6 Å². The van der Waals surface area contributed by atoms with Gasteiger partial charge in [-0.25, -0.2) is 0 Å². The Hall–Kier alpha value is -0.835. The van der Waals surface area contributed by atoms with Gasteiger partial charge in [0.25, 0.3) is 0 Å². The van der Waals surface area contributed by atoms with Gasteiger partial charge in [0, 0.05) is 6.04 Å². The highest BCUT2D eigenvalue weighted by molar-refractivity contribution is 6.62. The molecule has 0 radical (unpaired) electrons. The Morgan fingerprint density at radius 3 is 2.43 bits per heavy atom. The largest absolute Gasteiger partial charge is 0.495 e. The lowest BCUT2D eigenvalue weighted by molar-refractivity contribution is 0.00578. The summed E-state index contributed by atoms with van der Waals surface area (Å²) in [5.41, 5.74) is 3.48. The molecule has 1 saturated heterocycles. The van der Waals surface area contributed by atoms with Gasteiger partial charge in [0.2, 0.25) is 0 Å². The Kier molecular flexibility index (Phi) is 3.67. The molecular formula is C17H26BNO2. The maximum Gasteiger partial charge on any atom is 0.495 e. The van der Waals surface area contributed by atoms with E-state index in [1.54, 1.807) is 0 Å². The molecule has 4 heteroatoms. The molecule has 1 atom stereocenters. The Morgan fingerprint density at radius 2 is 1.81 bits per heavy atom. The van der Waals surface area contributed by atoms with E-state index in [4.69, 9.17) is 9.31 Å². The van der Waals surface area contributed by atoms with Gasteiger partial charge in [-0.15, -0.1) is 0 Å². The molecule has 1 aliphatic heterocycles. The van der Waals surface area contributed by atoms with E-state index < -0.39 is 0 Å². The summed E-state index contributed by atoms with van der Waals surface area (Å²) in [4.78, 5) is 0. The van der Waals surface area contributed by atoms with Gasteiger partial charge in [0.15, 0.2) is 0 Å². The van der Waals surface area contributed by atoms with E-state index in [9.17, 15) is 0 Å². The van der Waals surface area contributed by atoms with Crippen molar-refractivity contribution in [3.05, 3.63) is 29.3 Å². The number of hydrogen-bond donors (Lipinski definition) is 1. The van der Waals surface area contributed by atoms with Crippen molar-refractivity contribution in [2.75, 3.05) is 7.05 Å². The fraction of sp³-hybridized carbons (Fsp3) is 0.647. The fourth-order valence-corrected chi connectivity index (χ4v) is 3.37. The zero-order valence-electron chi connectivity index (χ0n) is 13.8. The molecular weight excluding hydrogens is 261 g/mol. The smallest absolute Gasteiger partial charge is 0.399 e. The van der Waals surface area contributed by atoms with Crippen LogP contribution in [0.4, 0.5) is 0 Å². The number of benzene rings is 1. The molecule has 1 N–H and O–H groups in total. The number of rotatable bonds is 2. The predicted octanol–water partition coefficient (Wildman–Crippen LogP) is 2.58. The molecule has 1 aromatic carbocycles. The lowest BCUT2D eigenvalue weighted by Gasteiger charge is -2.32. The molecule has 1 fully saturated rings. The highest BCUT2D eigenvalue weighted by atomic mass is 16.7. The normalized spacial score (nSPS) is 26.7. The van der Waals surface area contributed by atoms with Crippen LogP contribution in [0.5, 0.6) is 0 Å². The van der Waals surface area contributed by atoms with E-state index in [2.05, 4.69) is 51.2 Å². The van der Waals surface area contributed by atoms with Crippen LogP contribution in [-0.2, 0) is 15.7 Å². The molecule has 21 heavy (non-hydrogen) atoms. The second-order valence-electron chi connectivity index (χ2n) is 7.24. The third kappa shape index (κ3) is 2.43. The molecule has 0 aromatic heterocycles. The van der Waals surface area contributed by atoms with Gasteiger partial charge in [0.05, 0.1) is 11.2 Å². The van der Waals surface area contributed by atoms with Crippen LogP contribution in [0.1, 0.15) is 57.7 Å². The van der Waals surface area contributed by atoms with E-state index in [1.807, 2.05) is 7.05 Å². The molecule has 0 unspecified atom stereocenters. The summed E-state index contributed by atoms with van der Waals surface area (Å²) in [7, 11) is 1.79. The summed E-state index contributed by atoms with van der Waals surface area (Å²) in [6, 6.07) is 6.99. The third-order valence-electron chi connectivity index (χ3n) is 5.40. The zero-order chi connectivity index (χ0) is 15.3. The van der Waals surface area contributed by atoms with Crippen molar-refractivity contribution in [3.63, 3.8) is 0 Å². The summed E-state index contributed by atoms with van der Waals surface area (Å²) >= 11 is 0. The minimum Gasteiger partial charge on any atom is -0.399 e. The van der Waals surface area contributed by atoms with Crippen molar-refractivity contribution in [2.45, 2.75) is 64.2 Å². The van der Waals surface area contributed by atoms with Gasteiger partial charge in [-0.2, -0.15) is 0 Å². The van der Waals surface area contributed by atoms with E-state index in [0.717, 1.165) is 6.42 Å². The van der Waals surface area contributed by atoms with Crippen LogP contribution in [-0.4, -0.2) is 25.4 Å². The summed E-state index contributed by atoms with van der Waals surface area (Å²) in [5, 5.41) is 3.43. The third-order valence-corrected chi connectivity index (χ3v) is 5.40. The van der Waals surface area contributed by atoms with E-state index in [1.165, 1.54) is 29.4 Å². The van der Waals surface area contributed by atoms with Crippen LogP contribution in [0, 0.1) is 0 Å². The molecule has 2 aliphatic rings. The van der Waals surface area contributed by atoms with E-state index in [-0.39, 0.29) is 18.3 Å². The van der Waals surface area contributed by atoms with Gasteiger partial charge in [-0.3, -0.25) is 0 Å². The van der Waals surface area contributed by atoms with Gasteiger partial charge >= 0.3 is 7.12 Å². The van der Waals surface area contributed by atoms with E-state index in [0.29, 0.717) is 6.04 Å². The molecule has 3 rings (SSSR count). The van der Waals surface area contributed by atoms with Crippen LogP contribution in [0.3, 0.4) is 0 Å². The van der Waals surface area contributed by atoms with Crippen LogP contribution >= 0.6 is 0 Å². The highest BCUT2D eigenvalue weighted by Gasteiger charge is 2.52. The van der Waals surface area contributed by atoms with Crippen LogP contribution in [0.15, 0.2) is 18.2 Å². The average molecular weight is 287 g/mol. The topological polar surface area (TPSA) is 30.5 Å². The van der Waals surface area contributed by atoms with Crippen molar-refractivity contribution in [1.29, 1.82) is 0 Å². The van der Waals surface area contributed by atoms with Gasteiger partial charge < -0.3 is 14.6 Å². The molecule has 1 aromatic rings. The Labute approximate surface area is 128 Å². The van der Waals surface area contributed by atoms with Crippen LogP contribution in [0.2, 0.25) is 0 Å². The SMILES string of the molecule is CN[C@@H]1CCCc2c(B3OC(C)(C)C(C)(C)O3)cccc21. The summed E-state index contributed by atoms with van der Waals surface area (Å²) in [5.74, 6) is 0. The minimum atomic E-state index is -0.280. The van der Waals surface area contributed by atoms with Crippen molar-refractivity contribution >= 4 is 12.6 Å². The fourth-order valence-electron chi connectivity index (χ4n) is 3.37. The van der Waals surface area contributed by atoms with Crippen molar-refractivity contribution < 1.29 is 9.31 Å². The lowest BCUT2D eigenvalue weighted by atomic mass is 9.71. The first-order chi connectivity index (χ1) is 9.86. The Morgan fingerprint density at radius 1 is 1.14 bits per heavy atom. The predicted molar refractivity (Wildman–Crippen MR) is 86.9 cm³/mol. The van der Waals surface area contributed by atoms with Crippen molar-refractivity contribution in [2.24, 2.45) is 0 Å². The summed E-state index contributed by atoms with van der Waals surface area (Å²) in [6.45, 7) is 8.44. The lowest BCUT2D eigenvalue weighted by Crippen LogP contribution is -2.41. The zero-order valence-corrected chi connectivity index (χ0v) is 13.8. The summed E-state index contributed by atoms with van der Waals surface area (Å²) < 4.78 is 12.5. The monoisotopic (exact) mass is 287 g/mol. The second kappa shape index (κ2) is 5.11. The van der Waals surface area contributed by atoms with Crippen molar-refractivity contribution in [1.82, 2.24) is 5.32 Å². The number of nitrogens with one attached hydrogen (secondary N) is 1. The second-order valence-corrected chi connectivity index (χ2v) is 7.24. The van der Waals surface area contributed by atoms with Gasteiger partial charge in [-0.1, -0.05) is 18.2 Å². The van der Waals surface area contributed by atoms with Crippen LogP contribution in [0.25, 0.3) is 0 Å². The summed E-state index contributed by atoms with van der Waals surface area (Å²) in [6.07, 6.45) is 3.54. The molecule has 1 heterocycles. The molecule has 0 amide bonds. The molecule has 0 spiro atoms. The molecule has 114 valence electrons. The minimum absolute atomic E-state index is 0.249. The Balaban J connectivity index is 1.98. The first-order valence-electron chi connectivity index (χ1n) is 8.00. The highest BCUT2D eigenvalue weighted by Crippen LogP contribution is 2.37. The van der Waals surface area contributed by atoms with Crippen LogP contribution < -0.4 is 10.8 Å². The first kappa shape index (κ1) is 15.1. The van der Waals surface area contributed by atoms with Crippen molar-refractivity contribution in [3.8, 4) is 0 Å². The maximum absolute atomic E-state index is 6.24. The number of fused-ring (bicyclic) bond motifs is 1. The van der Waals surface area contributed by atoms with Gasteiger partial charge in [0.1, 0.15) is 0 Å². The van der Waals surface area contributed by atoms with E-state index >= 15 is 0 Å². The average Bonchev–Trinajstić information content (AvgIpc) is 2.66. The molecule has 0 bridgehead atoms. The molecule has 1 aliphatic carbocycles. The molecule has 0 saturated carbocycles. The quantitative estimate of drug-likeness (QED) is 0.848. The first-order valence-corrected chi connectivity index (χ1v) is 8.00. The standard InChI is InChI=1S/C17H26BNO2/c1-16(2)17(3,4)21-18(20-16)14-10-6-9-13-12(14)8-7-11-15(13)19-5/h6,9-10,15,19H,7-8,11H2,1-5H3/t15-/m1/s1. The number of hydrogen-bond acceptors (Lipinski definition) is 3. The maximum atomic E-state index is 6.24. The molecule has 3 nitrogen and oxygen atoms in total.